The van der Waals surface area contributed by atoms with Crippen LogP contribution in [-0.2, 0) is 14.4 Å². The van der Waals surface area contributed by atoms with Crippen LogP contribution in [0.5, 0.6) is 0 Å². The lowest BCUT2D eigenvalue weighted by Crippen LogP contribution is -2.47. The van der Waals surface area contributed by atoms with Crippen LogP contribution in [0.2, 0.25) is 0 Å². The number of aliphatic carboxylic acids is 2. The topological polar surface area (TPSA) is 130 Å². The number of carboxylic acids is 2. The normalized spacial score (nSPS) is 13.9. The summed E-state index contributed by atoms with van der Waals surface area (Å²) in [6.45, 7) is 1.44. The molecule has 2 atom stereocenters. The molecule has 0 bridgehead atoms. The second kappa shape index (κ2) is 6.78. The molecule has 7 nitrogen and oxygen atoms in total. The van der Waals surface area contributed by atoms with Crippen molar-refractivity contribution < 1.29 is 24.6 Å². The molecule has 0 aliphatic rings. The predicted molar refractivity (Wildman–Crippen MR) is 54.7 cm³/mol. The maximum absolute atomic E-state index is 11.1. The van der Waals surface area contributed by atoms with Crippen LogP contribution < -0.4 is 11.1 Å². The molecule has 16 heavy (non-hydrogen) atoms. The van der Waals surface area contributed by atoms with E-state index in [0.717, 1.165) is 0 Å². The number of carbonyl (C=O) groups is 3. The van der Waals surface area contributed by atoms with E-state index in [1.807, 2.05) is 0 Å². The van der Waals surface area contributed by atoms with Gasteiger partial charge in [0.25, 0.3) is 0 Å². The van der Waals surface area contributed by atoms with E-state index in [-0.39, 0.29) is 19.3 Å². The van der Waals surface area contributed by atoms with Gasteiger partial charge in [0.05, 0.1) is 6.04 Å². The minimum Gasteiger partial charge on any atom is -0.481 e. The van der Waals surface area contributed by atoms with Crippen molar-refractivity contribution in [1.82, 2.24) is 5.32 Å². The molecule has 0 spiro atoms. The van der Waals surface area contributed by atoms with Gasteiger partial charge in [0, 0.05) is 6.42 Å². The van der Waals surface area contributed by atoms with E-state index in [9.17, 15) is 14.4 Å². The van der Waals surface area contributed by atoms with Crippen LogP contribution >= 0.6 is 0 Å². The highest BCUT2D eigenvalue weighted by Crippen LogP contribution is 2.02. The number of nitrogens with one attached hydrogen (secondary N) is 1. The molecule has 0 unspecified atom stereocenters. The Morgan fingerprint density at radius 3 is 2.25 bits per heavy atom. The van der Waals surface area contributed by atoms with Gasteiger partial charge in [-0.15, -0.1) is 0 Å². The molecule has 7 heteroatoms. The van der Waals surface area contributed by atoms with Gasteiger partial charge in [0.1, 0.15) is 6.04 Å². The van der Waals surface area contributed by atoms with Crippen LogP contribution in [0.1, 0.15) is 26.2 Å². The zero-order valence-electron chi connectivity index (χ0n) is 8.97. The first-order valence-corrected chi connectivity index (χ1v) is 4.85. The van der Waals surface area contributed by atoms with Gasteiger partial charge in [0.15, 0.2) is 0 Å². The van der Waals surface area contributed by atoms with Crippen LogP contribution in [0.3, 0.4) is 0 Å². The number of nitrogens with two attached hydrogens (primary N) is 1. The highest BCUT2D eigenvalue weighted by atomic mass is 16.4. The number of carboxylic acid groups (broad SMARTS) is 2. The van der Waals surface area contributed by atoms with Crippen molar-refractivity contribution in [1.29, 1.82) is 0 Å². The summed E-state index contributed by atoms with van der Waals surface area (Å²) in [4.78, 5) is 32.1. The molecule has 0 radical (unpaired) electrons. The molecule has 0 rings (SSSR count). The molecular formula is C9H16N2O5. The summed E-state index contributed by atoms with van der Waals surface area (Å²) in [5, 5.41) is 19.4. The second-order valence-corrected chi connectivity index (χ2v) is 3.47. The van der Waals surface area contributed by atoms with E-state index < -0.39 is 29.9 Å². The maximum atomic E-state index is 11.1. The summed E-state index contributed by atoms with van der Waals surface area (Å²) in [6.07, 6.45) is 0.128. The summed E-state index contributed by atoms with van der Waals surface area (Å²) in [6, 6.07) is -1.88. The molecular weight excluding hydrogens is 216 g/mol. The highest BCUT2D eigenvalue weighted by Gasteiger charge is 2.21. The SMILES string of the molecule is C[C@@H](N)C(=O)N[C@H](CCCC(=O)O)C(=O)O. The number of carbonyl (C=O) groups excluding carboxylic acids is 1. The summed E-state index contributed by atoms with van der Waals surface area (Å²) >= 11 is 0. The Kier molecular flexibility index (Phi) is 6.09. The highest BCUT2D eigenvalue weighted by molar-refractivity contribution is 5.86. The van der Waals surface area contributed by atoms with Crippen molar-refractivity contribution in [2.24, 2.45) is 5.73 Å². The number of hydrogen-bond donors (Lipinski definition) is 4. The monoisotopic (exact) mass is 232 g/mol. The Morgan fingerprint density at radius 1 is 1.31 bits per heavy atom. The summed E-state index contributed by atoms with van der Waals surface area (Å²) < 4.78 is 0. The van der Waals surface area contributed by atoms with Crippen LogP contribution in [0, 0.1) is 0 Å². The molecule has 0 heterocycles. The standard InChI is InChI=1S/C9H16N2O5/c1-5(10)8(14)11-6(9(15)16)3-2-4-7(12)13/h5-6H,2-4,10H2,1H3,(H,11,14)(H,12,13)(H,15,16)/t5-,6-/m1/s1. The van der Waals surface area contributed by atoms with Gasteiger partial charge in [-0.1, -0.05) is 0 Å². The summed E-state index contributed by atoms with van der Waals surface area (Å²) in [7, 11) is 0. The van der Waals surface area contributed by atoms with E-state index in [4.69, 9.17) is 15.9 Å². The molecule has 92 valence electrons. The molecule has 0 fully saturated rings. The molecule has 0 aromatic rings. The van der Waals surface area contributed by atoms with Gasteiger partial charge in [0.2, 0.25) is 5.91 Å². The van der Waals surface area contributed by atoms with E-state index >= 15 is 0 Å². The fourth-order valence-corrected chi connectivity index (χ4v) is 1.02. The average Bonchev–Trinajstić information content (AvgIpc) is 2.14. The number of amides is 1. The molecule has 0 aromatic carbocycles. The quantitative estimate of drug-likeness (QED) is 0.452. The molecule has 0 aliphatic heterocycles. The molecule has 0 saturated heterocycles. The third kappa shape index (κ3) is 5.97. The molecule has 0 saturated carbocycles. The largest absolute Gasteiger partial charge is 0.481 e. The number of rotatable bonds is 7. The molecule has 0 aliphatic carbocycles. The minimum atomic E-state index is -1.20. The van der Waals surface area contributed by atoms with Crippen molar-refractivity contribution >= 4 is 17.8 Å². The van der Waals surface area contributed by atoms with E-state index in [2.05, 4.69) is 5.32 Å². The van der Waals surface area contributed by atoms with Crippen LogP contribution in [0.25, 0.3) is 0 Å². The first-order chi connectivity index (χ1) is 7.34. The lowest BCUT2D eigenvalue weighted by Gasteiger charge is -2.15. The first kappa shape index (κ1) is 14.4. The van der Waals surface area contributed by atoms with Gasteiger partial charge in [-0.25, -0.2) is 4.79 Å². The maximum Gasteiger partial charge on any atom is 0.326 e. The summed E-state index contributed by atoms with van der Waals surface area (Å²) in [5.41, 5.74) is 5.26. The van der Waals surface area contributed by atoms with Crippen molar-refractivity contribution in [3.05, 3.63) is 0 Å². The van der Waals surface area contributed by atoms with Gasteiger partial charge >= 0.3 is 11.9 Å². The average molecular weight is 232 g/mol. The first-order valence-electron chi connectivity index (χ1n) is 4.85. The lowest BCUT2D eigenvalue weighted by molar-refractivity contribution is -0.142. The van der Waals surface area contributed by atoms with Crippen molar-refractivity contribution in [3.63, 3.8) is 0 Å². The fourth-order valence-electron chi connectivity index (χ4n) is 1.02. The predicted octanol–water partition coefficient (Wildman–Crippen LogP) is -0.842. The van der Waals surface area contributed by atoms with Crippen molar-refractivity contribution in [3.8, 4) is 0 Å². The Hall–Kier alpha value is -1.63. The van der Waals surface area contributed by atoms with E-state index in [1.165, 1.54) is 6.92 Å². The van der Waals surface area contributed by atoms with Gasteiger partial charge in [-0.2, -0.15) is 0 Å². The Balaban J connectivity index is 4.13. The third-order valence-electron chi connectivity index (χ3n) is 1.91. The third-order valence-corrected chi connectivity index (χ3v) is 1.91. The van der Waals surface area contributed by atoms with Crippen molar-refractivity contribution in [2.45, 2.75) is 38.3 Å². The Bertz CT molecular complexity index is 277. The summed E-state index contributed by atoms with van der Waals surface area (Å²) in [5.74, 6) is -2.76. The van der Waals surface area contributed by atoms with Gasteiger partial charge in [-0.05, 0) is 19.8 Å². The Morgan fingerprint density at radius 2 is 1.88 bits per heavy atom. The molecule has 5 N–H and O–H groups in total. The molecule has 0 aromatic heterocycles. The van der Waals surface area contributed by atoms with Gasteiger partial charge in [-0.3, -0.25) is 9.59 Å². The fraction of sp³-hybridized carbons (Fsp3) is 0.667. The smallest absolute Gasteiger partial charge is 0.326 e. The molecule has 1 amide bonds. The van der Waals surface area contributed by atoms with E-state index in [1.54, 1.807) is 0 Å². The zero-order valence-corrected chi connectivity index (χ0v) is 8.97. The van der Waals surface area contributed by atoms with Gasteiger partial charge < -0.3 is 21.3 Å². The second-order valence-electron chi connectivity index (χ2n) is 3.47. The van der Waals surface area contributed by atoms with Crippen LogP contribution in [-0.4, -0.2) is 40.1 Å². The lowest BCUT2D eigenvalue weighted by atomic mass is 10.1. The zero-order chi connectivity index (χ0) is 12.7. The van der Waals surface area contributed by atoms with Crippen LogP contribution in [0.15, 0.2) is 0 Å². The van der Waals surface area contributed by atoms with Crippen LogP contribution in [0.4, 0.5) is 0 Å². The minimum absolute atomic E-state index is 0.0695. The number of hydrogen-bond acceptors (Lipinski definition) is 4. The van der Waals surface area contributed by atoms with E-state index in [0.29, 0.717) is 0 Å². The van der Waals surface area contributed by atoms with Crippen molar-refractivity contribution in [2.75, 3.05) is 0 Å². The Labute approximate surface area is 92.6 Å².